The number of halogens is 4. The molecule has 0 aromatic heterocycles. The van der Waals surface area contributed by atoms with E-state index in [2.05, 4.69) is 25.4 Å². The van der Waals surface area contributed by atoms with E-state index in [1.807, 2.05) is 0 Å². The molecule has 0 radical (unpaired) electrons. The molecule has 2 amide bonds. The standard InChI is InChI=1S/C14H22N4O3.C14H24N2O3.C7H11ClO.C7H12N4O2.C2HF3O2/c1-2-21-14(20)12-8-11(16-17-15)9-18(12)13(19)10-6-4-3-5-7-10;1-2-19-14(18)12-8-11(15)9-16(12)13(17)10-6-4-3-5-7-10;8-7(9)6-4-2-1-3-5-6;1-2-13-7(12)6-3-5(4-9-6)10-11-8;3-2(4,5)1(6)7/h10-12H,2-9H2,1H3;10-12H,2-9,15H2,1H3;6H,1-5H2;5-6,9H,2-4H2,1H3;(H,6,7)/t2*11-,12-;;5-,6-;/m00.0./s1. The van der Waals surface area contributed by atoms with Crippen LogP contribution in [0.15, 0.2) is 10.2 Å². The number of amides is 2. The Balaban J connectivity index is 0.000000312. The number of carbonyl (C=O) groups is 7. The monoisotopic (exact) mass is 1010 g/mol. The van der Waals surface area contributed by atoms with Gasteiger partial charge in [0.25, 0.3) is 0 Å². The van der Waals surface area contributed by atoms with Crippen molar-refractivity contribution in [3.63, 3.8) is 0 Å². The zero-order valence-corrected chi connectivity index (χ0v) is 40.6. The number of carboxylic acids is 1. The maximum absolute atomic E-state index is 12.7. The maximum Gasteiger partial charge on any atom is 0.490 e. The quantitative estimate of drug-likeness (QED) is 0.0468. The predicted octanol–water partition coefficient (Wildman–Crippen LogP) is 7.02. The molecule has 3 saturated carbocycles. The second-order valence-electron chi connectivity index (χ2n) is 17.5. The van der Waals surface area contributed by atoms with E-state index < -0.39 is 30.2 Å². The Morgan fingerprint density at radius 2 is 1.04 bits per heavy atom. The molecule has 3 aliphatic carbocycles. The van der Waals surface area contributed by atoms with Crippen LogP contribution < -0.4 is 11.1 Å². The second-order valence-corrected chi connectivity index (χ2v) is 17.9. The first-order valence-corrected chi connectivity index (χ1v) is 24.4. The summed E-state index contributed by atoms with van der Waals surface area (Å²) in [6.07, 6.45) is 12.4. The molecule has 69 heavy (non-hydrogen) atoms. The van der Waals surface area contributed by atoms with Gasteiger partial charge in [-0.25, -0.2) is 14.4 Å². The van der Waals surface area contributed by atoms with Crippen LogP contribution in [0.5, 0.6) is 0 Å². The van der Waals surface area contributed by atoms with Crippen molar-refractivity contribution in [1.29, 1.82) is 0 Å². The molecule has 3 saturated heterocycles. The molecule has 0 unspecified atom stereocenters. The van der Waals surface area contributed by atoms with Crippen molar-refractivity contribution in [3.8, 4) is 0 Å². The summed E-state index contributed by atoms with van der Waals surface area (Å²) in [7, 11) is 0. The summed E-state index contributed by atoms with van der Waals surface area (Å²) in [6.45, 7) is 7.64. The van der Waals surface area contributed by atoms with E-state index in [1.165, 1.54) is 32.1 Å². The highest BCUT2D eigenvalue weighted by atomic mass is 35.5. The lowest BCUT2D eigenvalue weighted by atomic mass is 9.88. The first-order chi connectivity index (χ1) is 32.8. The van der Waals surface area contributed by atoms with Gasteiger partial charge in [0.15, 0.2) is 0 Å². The van der Waals surface area contributed by atoms with Gasteiger partial charge in [0.05, 0.1) is 31.9 Å². The number of nitrogens with zero attached hydrogens (tertiary/aromatic N) is 8. The van der Waals surface area contributed by atoms with Crippen LogP contribution in [0.25, 0.3) is 20.9 Å². The van der Waals surface area contributed by atoms with Crippen LogP contribution in [-0.4, -0.2) is 138 Å². The average molecular weight is 1010 g/mol. The first-order valence-electron chi connectivity index (χ1n) is 24.0. The van der Waals surface area contributed by atoms with Gasteiger partial charge >= 0.3 is 30.1 Å². The fourth-order valence-electron chi connectivity index (χ4n) is 9.05. The van der Waals surface area contributed by atoms with Crippen LogP contribution in [0, 0.1) is 17.8 Å². The minimum atomic E-state index is -5.08. The molecule has 0 aromatic carbocycles. The number of azide groups is 2. The number of carbonyl (C=O) groups excluding carboxylic acids is 6. The van der Waals surface area contributed by atoms with Crippen LogP contribution in [0.3, 0.4) is 0 Å². The predicted molar refractivity (Wildman–Crippen MR) is 245 cm³/mol. The lowest BCUT2D eigenvalue weighted by Gasteiger charge is -2.29. The lowest BCUT2D eigenvalue weighted by Crippen LogP contribution is -2.45. The van der Waals surface area contributed by atoms with Crippen LogP contribution in [0.1, 0.15) is 136 Å². The molecule has 3 heterocycles. The van der Waals surface area contributed by atoms with Crippen molar-refractivity contribution in [2.75, 3.05) is 39.5 Å². The number of rotatable bonds is 11. The fraction of sp³-hybridized carbons (Fsp3) is 0.841. The Hall–Kier alpha value is -4.89. The van der Waals surface area contributed by atoms with E-state index in [0.29, 0.717) is 52.1 Å². The molecule has 0 spiro atoms. The van der Waals surface area contributed by atoms with Crippen LogP contribution in [0.4, 0.5) is 13.2 Å². The van der Waals surface area contributed by atoms with Gasteiger partial charge in [0, 0.05) is 53.3 Å². The Morgan fingerprint density at radius 3 is 1.43 bits per heavy atom. The summed E-state index contributed by atoms with van der Waals surface area (Å²) in [5, 5.41) is 17.1. The van der Waals surface area contributed by atoms with Gasteiger partial charge in [-0.2, -0.15) is 13.2 Å². The number of alkyl halides is 3. The third-order valence-electron chi connectivity index (χ3n) is 12.5. The van der Waals surface area contributed by atoms with Gasteiger partial charge in [-0.05, 0) is 101 Å². The third kappa shape index (κ3) is 21.3. The largest absolute Gasteiger partial charge is 0.490 e. The average Bonchev–Trinajstić information content (AvgIpc) is 4.10. The van der Waals surface area contributed by atoms with E-state index >= 15 is 0 Å². The van der Waals surface area contributed by atoms with E-state index in [-0.39, 0.29) is 77.5 Å². The highest BCUT2D eigenvalue weighted by molar-refractivity contribution is 6.63. The minimum absolute atomic E-state index is 0.000455. The molecule has 6 aliphatic rings. The van der Waals surface area contributed by atoms with Gasteiger partial charge < -0.3 is 40.2 Å². The van der Waals surface area contributed by atoms with E-state index in [1.54, 1.807) is 30.6 Å². The third-order valence-corrected chi connectivity index (χ3v) is 12.8. The zero-order chi connectivity index (χ0) is 51.5. The minimum Gasteiger partial charge on any atom is -0.475 e. The summed E-state index contributed by atoms with van der Waals surface area (Å²) < 4.78 is 46.7. The summed E-state index contributed by atoms with van der Waals surface area (Å²) in [6, 6.07) is -1.95. The number of esters is 3. The van der Waals surface area contributed by atoms with Gasteiger partial charge in [-0.3, -0.25) is 19.2 Å². The molecule has 0 aromatic rings. The number of hydrogen-bond donors (Lipinski definition) is 3. The first kappa shape index (κ1) is 60.2. The molecule has 21 nitrogen and oxygen atoms in total. The summed E-state index contributed by atoms with van der Waals surface area (Å²) in [4.78, 5) is 88.5. The van der Waals surface area contributed by atoms with Gasteiger partial charge in [-0.1, -0.05) is 68.0 Å². The number of aliphatic carboxylic acids is 1. The Labute approximate surface area is 405 Å². The Bertz CT molecular complexity index is 1770. The number of likely N-dealkylation sites (tertiary alicyclic amines) is 2. The topological polar surface area (TPSA) is 309 Å². The van der Waals surface area contributed by atoms with Crippen LogP contribution in [-0.2, 0) is 47.8 Å². The molecule has 4 N–H and O–H groups in total. The summed E-state index contributed by atoms with van der Waals surface area (Å²) >= 11 is 5.32. The molecule has 390 valence electrons. The lowest BCUT2D eigenvalue weighted by molar-refractivity contribution is -0.192. The molecular formula is C44H70ClF3N10O11. The number of nitrogens with one attached hydrogen (secondary N) is 1. The van der Waals surface area contributed by atoms with Gasteiger partial charge in [-0.15, -0.1) is 0 Å². The molecule has 0 bridgehead atoms. The van der Waals surface area contributed by atoms with Crippen LogP contribution >= 0.6 is 11.6 Å². The second kappa shape index (κ2) is 32.1. The fourth-order valence-corrected chi connectivity index (χ4v) is 9.27. The van der Waals surface area contributed by atoms with Crippen molar-refractivity contribution >= 4 is 52.5 Å². The molecule has 6 fully saturated rings. The molecule has 6 rings (SSSR count). The van der Waals surface area contributed by atoms with Crippen molar-refractivity contribution in [2.45, 2.75) is 179 Å². The summed E-state index contributed by atoms with van der Waals surface area (Å²) in [5.41, 5.74) is 22.7. The summed E-state index contributed by atoms with van der Waals surface area (Å²) in [5.74, 6) is -3.34. The van der Waals surface area contributed by atoms with Gasteiger partial charge in [0.1, 0.15) is 18.1 Å². The van der Waals surface area contributed by atoms with Crippen molar-refractivity contribution < 1.29 is 66.1 Å². The SMILES string of the molecule is CCOC(=O)[C@@H]1C[C@H](N)CN1C(=O)C1CCCCC1.CCOC(=O)[C@@H]1C[C@H](N=[N+]=[N-])CN1.CCOC(=O)[C@@H]1C[C@H](N=[N+]=[N-])CN1C(=O)C1CCCCC1.O=C(Cl)C1CCCCC1.O=C(O)C(F)(F)F. The highest BCUT2D eigenvalue weighted by Crippen LogP contribution is 2.31. The van der Waals surface area contributed by atoms with Crippen molar-refractivity contribution in [3.05, 3.63) is 20.9 Å². The number of nitrogens with two attached hydrogens (primary N) is 1. The number of carboxylic acid groups (broad SMARTS) is 1. The normalized spacial score (nSPS) is 24.8. The molecular weight excluding hydrogens is 937 g/mol. The van der Waals surface area contributed by atoms with E-state index in [4.69, 9.17) is 52.5 Å². The zero-order valence-electron chi connectivity index (χ0n) is 39.9. The van der Waals surface area contributed by atoms with Gasteiger partial charge in [0.2, 0.25) is 17.1 Å². The number of ether oxygens (including phenoxy) is 3. The molecule has 25 heteroatoms. The highest BCUT2D eigenvalue weighted by Gasteiger charge is 2.43. The Morgan fingerprint density at radius 1 is 0.652 bits per heavy atom. The van der Waals surface area contributed by atoms with E-state index in [9.17, 15) is 41.9 Å². The Kier molecular flexibility index (Phi) is 28.0. The van der Waals surface area contributed by atoms with Crippen molar-refractivity contribution in [2.24, 2.45) is 33.7 Å². The van der Waals surface area contributed by atoms with Crippen molar-refractivity contribution in [1.82, 2.24) is 15.1 Å². The smallest absolute Gasteiger partial charge is 0.475 e. The molecule has 6 atom stereocenters. The number of hydrogen-bond acceptors (Lipinski definition) is 14. The van der Waals surface area contributed by atoms with Crippen LogP contribution in [0.2, 0.25) is 0 Å². The molecule has 3 aliphatic heterocycles. The maximum atomic E-state index is 12.7. The van der Waals surface area contributed by atoms with E-state index in [0.717, 1.165) is 64.2 Å².